The normalized spacial score (nSPS) is 10.5. The highest BCUT2D eigenvalue weighted by Gasteiger charge is 2.17. The van der Waals surface area contributed by atoms with Crippen molar-refractivity contribution in [3.05, 3.63) is 58.1 Å². The fourth-order valence-corrected chi connectivity index (χ4v) is 3.60. The minimum Gasteiger partial charge on any atom is -0.493 e. The molecule has 3 rings (SSSR count). The number of aryl methyl sites for hydroxylation is 1. The largest absolute Gasteiger partial charge is 0.493 e. The van der Waals surface area contributed by atoms with Crippen LogP contribution in [0.4, 0.5) is 5.69 Å². The topological polar surface area (TPSA) is 60.5 Å². The van der Waals surface area contributed by atoms with E-state index < -0.39 is 0 Å². The van der Waals surface area contributed by atoms with Gasteiger partial charge in [0.2, 0.25) is 0 Å². The summed E-state index contributed by atoms with van der Waals surface area (Å²) in [6.07, 6.45) is 0. The zero-order chi connectivity index (χ0) is 18.7. The number of carbonyl (C=O) groups is 1. The third-order valence-corrected chi connectivity index (χ3v) is 5.16. The highest BCUT2D eigenvalue weighted by molar-refractivity contribution is 7.17. The van der Waals surface area contributed by atoms with Gasteiger partial charge >= 0.3 is 0 Å². The van der Waals surface area contributed by atoms with Crippen LogP contribution in [0.15, 0.2) is 42.5 Å². The fourth-order valence-electron chi connectivity index (χ4n) is 2.45. The molecule has 0 aliphatic carbocycles. The molecule has 0 bridgehead atoms. The summed E-state index contributed by atoms with van der Waals surface area (Å²) >= 11 is 7.28. The van der Waals surface area contributed by atoms with E-state index in [-0.39, 0.29) is 5.91 Å². The van der Waals surface area contributed by atoms with Gasteiger partial charge < -0.3 is 14.8 Å². The van der Waals surface area contributed by atoms with Crippen LogP contribution in [0.2, 0.25) is 5.02 Å². The van der Waals surface area contributed by atoms with Gasteiger partial charge in [0.15, 0.2) is 11.5 Å². The molecule has 1 heterocycles. The molecule has 1 N–H and O–H groups in total. The second-order valence-electron chi connectivity index (χ2n) is 5.47. The smallest absolute Gasteiger partial charge is 0.267 e. The summed E-state index contributed by atoms with van der Waals surface area (Å²) in [5, 5.41) is 4.15. The molecule has 0 saturated heterocycles. The van der Waals surface area contributed by atoms with E-state index in [1.807, 2.05) is 25.1 Å². The number of rotatable bonds is 5. The number of anilines is 1. The average Bonchev–Trinajstić information content (AvgIpc) is 3.03. The maximum Gasteiger partial charge on any atom is 0.267 e. The van der Waals surface area contributed by atoms with Crippen molar-refractivity contribution in [1.82, 2.24) is 4.98 Å². The highest BCUT2D eigenvalue weighted by atomic mass is 35.5. The van der Waals surface area contributed by atoms with E-state index in [4.69, 9.17) is 21.1 Å². The molecule has 7 heteroatoms. The van der Waals surface area contributed by atoms with Crippen molar-refractivity contribution in [2.45, 2.75) is 6.92 Å². The third-order valence-electron chi connectivity index (χ3n) is 3.72. The molecule has 26 heavy (non-hydrogen) atoms. The molecule has 1 amide bonds. The van der Waals surface area contributed by atoms with E-state index in [0.29, 0.717) is 32.8 Å². The van der Waals surface area contributed by atoms with Crippen LogP contribution in [0.1, 0.15) is 15.4 Å². The first-order chi connectivity index (χ1) is 12.5. The van der Waals surface area contributed by atoms with E-state index in [2.05, 4.69) is 10.3 Å². The monoisotopic (exact) mass is 388 g/mol. The van der Waals surface area contributed by atoms with Crippen LogP contribution in [0.25, 0.3) is 10.6 Å². The Hall–Kier alpha value is -2.57. The van der Waals surface area contributed by atoms with Crippen molar-refractivity contribution < 1.29 is 14.3 Å². The van der Waals surface area contributed by atoms with Gasteiger partial charge in [0.25, 0.3) is 5.91 Å². The lowest BCUT2D eigenvalue weighted by molar-refractivity contribution is 0.103. The summed E-state index contributed by atoms with van der Waals surface area (Å²) in [6.45, 7) is 1.81. The Morgan fingerprint density at radius 2 is 1.88 bits per heavy atom. The van der Waals surface area contributed by atoms with Gasteiger partial charge in [-0.2, -0.15) is 0 Å². The second-order valence-corrected chi connectivity index (χ2v) is 6.90. The number of aromatic nitrogens is 1. The Morgan fingerprint density at radius 1 is 1.12 bits per heavy atom. The van der Waals surface area contributed by atoms with Crippen molar-refractivity contribution >= 4 is 34.5 Å². The number of carbonyl (C=O) groups excluding carboxylic acids is 1. The average molecular weight is 389 g/mol. The van der Waals surface area contributed by atoms with E-state index in [1.54, 1.807) is 38.5 Å². The van der Waals surface area contributed by atoms with Gasteiger partial charge in [-0.05, 0) is 43.3 Å². The Balaban J connectivity index is 1.88. The number of thiazole rings is 1. The summed E-state index contributed by atoms with van der Waals surface area (Å²) in [7, 11) is 3.17. The zero-order valence-electron chi connectivity index (χ0n) is 14.5. The molecule has 134 valence electrons. The quantitative estimate of drug-likeness (QED) is 0.665. The molecule has 0 unspecified atom stereocenters. The summed E-state index contributed by atoms with van der Waals surface area (Å²) in [4.78, 5) is 17.7. The number of nitrogens with one attached hydrogen (secondary N) is 1. The Kier molecular flexibility index (Phi) is 5.44. The van der Waals surface area contributed by atoms with Crippen LogP contribution in [0.3, 0.4) is 0 Å². The molecule has 1 aromatic heterocycles. The molecule has 0 aliphatic rings. The van der Waals surface area contributed by atoms with Gasteiger partial charge in [-0.25, -0.2) is 4.98 Å². The Labute approximate surface area is 160 Å². The molecule has 0 spiro atoms. The van der Waals surface area contributed by atoms with Crippen LogP contribution in [-0.2, 0) is 0 Å². The molecule has 0 fully saturated rings. The molecule has 5 nitrogen and oxygen atoms in total. The number of methoxy groups -OCH3 is 2. The van der Waals surface area contributed by atoms with Gasteiger partial charge in [0.1, 0.15) is 9.88 Å². The second kappa shape index (κ2) is 7.76. The summed E-state index contributed by atoms with van der Waals surface area (Å²) in [5.41, 5.74) is 2.17. The molecule has 0 saturated carbocycles. The maximum atomic E-state index is 12.6. The molecule has 0 atom stereocenters. The molecular weight excluding hydrogens is 372 g/mol. The molecule has 0 aliphatic heterocycles. The number of halogens is 1. The number of hydrogen-bond acceptors (Lipinski definition) is 5. The lowest BCUT2D eigenvalue weighted by Gasteiger charge is -2.08. The molecule has 3 aromatic rings. The first-order valence-electron chi connectivity index (χ1n) is 7.78. The predicted octanol–water partition coefficient (Wildman–Crippen LogP) is 5.04. The summed E-state index contributed by atoms with van der Waals surface area (Å²) < 4.78 is 10.6. The van der Waals surface area contributed by atoms with Gasteiger partial charge in [-0.15, -0.1) is 11.3 Å². The molecule has 0 radical (unpaired) electrons. The van der Waals surface area contributed by atoms with E-state index in [9.17, 15) is 4.79 Å². The van der Waals surface area contributed by atoms with Crippen LogP contribution in [0, 0.1) is 6.92 Å². The Bertz CT molecular complexity index is 956. The number of hydrogen-bond donors (Lipinski definition) is 1. The van der Waals surface area contributed by atoms with Crippen LogP contribution >= 0.6 is 22.9 Å². The first kappa shape index (κ1) is 18.2. The van der Waals surface area contributed by atoms with E-state index in [0.717, 1.165) is 10.6 Å². The van der Waals surface area contributed by atoms with Gasteiger partial charge in [0.05, 0.1) is 19.9 Å². The lowest BCUT2D eigenvalue weighted by Crippen LogP contribution is -2.11. The van der Waals surface area contributed by atoms with Crippen molar-refractivity contribution in [2.24, 2.45) is 0 Å². The van der Waals surface area contributed by atoms with E-state index in [1.165, 1.54) is 11.3 Å². The van der Waals surface area contributed by atoms with Crippen LogP contribution in [0.5, 0.6) is 11.5 Å². The maximum absolute atomic E-state index is 12.6. The van der Waals surface area contributed by atoms with Gasteiger partial charge in [-0.1, -0.05) is 17.7 Å². The molecule has 2 aromatic carbocycles. The number of ether oxygens (including phenoxy) is 2. The SMILES string of the molecule is COc1ccc(-c2nc(C)c(C(=O)Nc3cccc(Cl)c3)s2)cc1OC. The predicted molar refractivity (Wildman–Crippen MR) is 105 cm³/mol. The van der Waals surface area contributed by atoms with Gasteiger partial charge in [-0.3, -0.25) is 4.79 Å². The minimum absolute atomic E-state index is 0.214. The zero-order valence-corrected chi connectivity index (χ0v) is 16.1. The summed E-state index contributed by atoms with van der Waals surface area (Å²) in [6, 6.07) is 12.6. The van der Waals surface area contributed by atoms with Crippen molar-refractivity contribution in [3.8, 4) is 22.1 Å². The Morgan fingerprint density at radius 3 is 2.58 bits per heavy atom. The van der Waals surface area contributed by atoms with Gasteiger partial charge in [0, 0.05) is 16.3 Å². The lowest BCUT2D eigenvalue weighted by atomic mass is 10.2. The van der Waals surface area contributed by atoms with Crippen molar-refractivity contribution in [3.63, 3.8) is 0 Å². The number of nitrogens with zero attached hydrogens (tertiary/aromatic N) is 1. The third kappa shape index (κ3) is 3.81. The standard InChI is InChI=1S/C19H17ClN2O3S/c1-11-17(18(23)22-14-6-4-5-13(20)10-14)26-19(21-11)12-7-8-15(24-2)16(9-12)25-3/h4-10H,1-3H3,(H,22,23). The van der Waals surface area contributed by atoms with Crippen molar-refractivity contribution in [1.29, 1.82) is 0 Å². The van der Waals surface area contributed by atoms with E-state index >= 15 is 0 Å². The minimum atomic E-state index is -0.214. The number of benzene rings is 2. The molecular formula is C19H17ClN2O3S. The van der Waals surface area contributed by atoms with Crippen LogP contribution < -0.4 is 14.8 Å². The fraction of sp³-hybridized carbons (Fsp3) is 0.158. The first-order valence-corrected chi connectivity index (χ1v) is 8.98. The van der Waals surface area contributed by atoms with Crippen LogP contribution in [-0.4, -0.2) is 25.1 Å². The number of amides is 1. The van der Waals surface area contributed by atoms with Crippen molar-refractivity contribution in [2.75, 3.05) is 19.5 Å². The summed E-state index contributed by atoms with van der Waals surface area (Å²) in [5.74, 6) is 1.04. The highest BCUT2D eigenvalue weighted by Crippen LogP contribution is 2.35.